The van der Waals surface area contributed by atoms with Gasteiger partial charge in [-0.05, 0) is 6.92 Å². The van der Waals surface area contributed by atoms with E-state index in [2.05, 4.69) is 22.2 Å². The standard InChI is InChI=1S/C8H11N3O5S/c1-2-16-8(15)5(11-9)6(12)10-4(3-17)7(13)14/h4,17H,2-3H2,1H3,(H,10,12)(H,13,14)/t4-/m0/s1. The van der Waals surface area contributed by atoms with Crippen molar-refractivity contribution in [2.75, 3.05) is 12.4 Å². The van der Waals surface area contributed by atoms with E-state index in [1.807, 2.05) is 5.32 Å². The van der Waals surface area contributed by atoms with Crippen LogP contribution in [0.5, 0.6) is 0 Å². The van der Waals surface area contributed by atoms with Crippen LogP contribution < -0.4 is 5.32 Å². The molecule has 0 aromatic carbocycles. The average Bonchev–Trinajstić information content (AvgIpc) is 2.26. The van der Waals surface area contributed by atoms with Crippen molar-refractivity contribution in [3.8, 4) is 0 Å². The number of nitrogens with zero attached hydrogens (tertiary/aromatic N) is 2. The molecule has 0 saturated heterocycles. The molecule has 0 heterocycles. The number of nitrogens with one attached hydrogen (secondary N) is 1. The van der Waals surface area contributed by atoms with E-state index in [9.17, 15) is 14.4 Å². The Bertz CT molecular complexity index is 377. The molecule has 0 aromatic heterocycles. The molecule has 94 valence electrons. The van der Waals surface area contributed by atoms with Crippen molar-refractivity contribution < 1.29 is 29.0 Å². The van der Waals surface area contributed by atoms with Gasteiger partial charge in [0.25, 0.3) is 0 Å². The molecule has 9 heteroatoms. The molecule has 0 aliphatic heterocycles. The van der Waals surface area contributed by atoms with Crippen LogP contribution >= 0.6 is 12.6 Å². The first-order valence-corrected chi connectivity index (χ1v) is 5.14. The molecule has 0 saturated carbocycles. The van der Waals surface area contributed by atoms with E-state index in [1.165, 1.54) is 6.92 Å². The summed E-state index contributed by atoms with van der Waals surface area (Å²) in [5.74, 6) is -3.79. The van der Waals surface area contributed by atoms with Crippen molar-refractivity contribution in [2.45, 2.75) is 13.0 Å². The van der Waals surface area contributed by atoms with Gasteiger partial charge in [-0.3, -0.25) is 4.79 Å². The quantitative estimate of drug-likeness (QED) is 0.137. The Morgan fingerprint density at radius 1 is 1.53 bits per heavy atom. The maximum Gasteiger partial charge on any atom is 0.462 e. The highest BCUT2D eigenvalue weighted by Gasteiger charge is 2.33. The zero-order valence-corrected chi connectivity index (χ0v) is 9.81. The van der Waals surface area contributed by atoms with E-state index < -0.39 is 29.6 Å². The third-order valence-corrected chi connectivity index (χ3v) is 1.94. The second-order valence-electron chi connectivity index (χ2n) is 2.72. The van der Waals surface area contributed by atoms with Crippen LogP contribution in [0.4, 0.5) is 0 Å². The van der Waals surface area contributed by atoms with E-state index in [4.69, 9.17) is 10.6 Å². The molecule has 0 unspecified atom stereocenters. The smallest absolute Gasteiger partial charge is 0.462 e. The number of carboxylic acids is 1. The predicted molar refractivity (Wildman–Crippen MR) is 58.7 cm³/mol. The summed E-state index contributed by atoms with van der Waals surface area (Å²) in [6, 6.07) is -1.29. The first-order valence-electron chi connectivity index (χ1n) is 4.51. The lowest BCUT2D eigenvalue weighted by Gasteiger charge is -2.08. The number of amides is 1. The minimum absolute atomic E-state index is 0.0138. The van der Waals surface area contributed by atoms with Crippen molar-refractivity contribution >= 4 is 36.2 Å². The number of esters is 1. The van der Waals surface area contributed by atoms with Gasteiger partial charge in [0.15, 0.2) is 0 Å². The topological polar surface area (TPSA) is 129 Å². The minimum Gasteiger partial charge on any atom is -0.480 e. The zero-order valence-electron chi connectivity index (χ0n) is 8.91. The fraction of sp³-hybridized carbons (Fsp3) is 0.500. The Morgan fingerprint density at radius 2 is 2.12 bits per heavy atom. The molecule has 0 rings (SSSR count). The third kappa shape index (κ3) is 4.66. The van der Waals surface area contributed by atoms with Gasteiger partial charge >= 0.3 is 23.6 Å². The molecule has 2 N–H and O–H groups in total. The van der Waals surface area contributed by atoms with Crippen molar-refractivity contribution in [1.29, 1.82) is 0 Å². The first-order chi connectivity index (χ1) is 7.97. The van der Waals surface area contributed by atoms with Crippen LogP contribution in [0.1, 0.15) is 6.92 Å². The van der Waals surface area contributed by atoms with Crippen LogP contribution in [0.25, 0.3) is 5.53 Å². The highest BCUT2D eigenvalue weighted by molar-refractivity contribution is 7.80. The molecular weight excluding hydrogens is 250 g/mol. The predicted octanol–water partition coefficient (Wildman–Crippen LogP) is -1.28. The van der Waals surface area contributed by atoms with Crippen molar-refractivity contribution in [3.63, 3.8) is 0 Å². The normalized spacial score (nSPS) is 10.9. The van der Waals surface area contributed by atoms with Gasteiger partial charge in [0.05, 0.1) is 6.61 Å². The van der Waals surface area contributed by atoms with Crippen LogP contribution in [0.2, 0.25) is 0 Å². The lowest BCUT2D eigenvalue weighted by molar-refractivity contribution is -0.144. The monoisotopic (exact) mass is 261 g/mol. The second kappa shape index (κ2) is 7.42. The summed E-state index contributed by atoms with van der Waals surface area (Å²) in [5, 5.41) is 10.6. The molecule has 0 bridgehead atoms. The number of carbonyl (C=O) groups excluding carboxylic acids is 2. The zero-order chi connectivity index (χ0) is 13.4. The highest BCUT2D eigenvalue weighted by atomic mass is 32.1. The molecule has 0 radical (unpaired) electrons. The van der Waals surface area contributed by atoms with Gasteiger partial charge in [-0.25, -0.2) is 9.59 Å². The van der Waals surface area contributed by atoms with Gasteiger partial charge in [-0.1, -0.05) is 0 Å². The van der Waals surface area contributed by atoms with Crippen molar-refractivity contribution in [3.05, 3.63) is 5.53 Å². The van der Waals surface area contributed by atoms with Crippen LogP contribution in [-0.2, 0) is 19.1 Å². The molecule has 0 aromatic rings. The van der Waals surface area contributed by atoms with E-state index >= 15 is 0 Å². The third-order valence-electron chi connectivity index (χ3n) is 1.57. The Morgan fingerprint density at radius 3 is 2.47 bits per heavy atom. The summed E-state index contributed by atoms with van der Waals surface area (Å²) in [5.41, 5.74) is 7.56. The van der Waals surface area contributed by atoms with Crippen molar-refractivity contribution in [1.82, 2.24) is 5.32 Å². The van der Waals surface area contributed by atoms with E-state index in [1.54, 1.807) is 0 Å². The lowest BCUT2D eigenvalue weighted by atomic mass is 10.3. The number of aliphatic carboxylic acids is 1. The summed E-state index contributed by atoms with van der Waals surface area (Å²) in [6.07, 6.45) is 0. The van der Waals surface area contributed by atoms with Gasteiger partial charge < -0.3 is 20.7 Å². The minimum atomic E-state index is -1.32. The van der Waals surface area contributed by atoms with Crippen molar-refractivity contribution in [2.24, 2.45) is 0 Å². The summed E-state index contributed by atoms with van der Waals surface area (Å²) in [4.78, 5) is 35.5. The fourth-order valence-electron chi connectivity index (χ4n) is 0.790. The maximum absolute atomic E-state index is 11.4. The Kier molecular flexibility index (Phi) is 6.61. The van der Waals surface area contributed by atoms with E-state index in [0.29, 0.717) is 0 Å². The number of hydrogen-bond acceptors (Lipinski definition) is 5. The van der Waals surface area contributed by atoms with E-state index in [-0.39, 0.29) is 12.4 Å². The number of carboxylic acid groups (broad SMARTS) is 1. The SMILES string of the molecule is CCOC(=O)C(=[N+]=[N-])C(=O)N[C@@H](CS)C(=O)O. The average molecular weight is 261 g/mol. The number of thiol groups is 1. The van der Waals surface area contributed by atoms with Crippen LogP contribution in [0, 0.1) is 0 Å². The molecule has 0 spiro atoms. The summed E-state index contributed by atoms with van der Waals surface area (Å²) < 4.78 is 4.43. The fourth-order valence-corrected chi connectivity index (χ4v) is 1.04. The Labute approximate surface area is 102 Å². The Balaban J connectivity index is 4.73. The molecule has 0 aliphatic rings. The largest absolute Gasteiger partial charge is 0.480 e. The first kappa shape index (κ1) is 15.1. The molecular formula is C8H11N3O5S. The molecule has 1 atom stereocenters. The van der Waals surface area contributed by atoms with Gasteiger partial charge in [-0.2, -0.15) is 17.4 Å². The van der Waals surface area contributed by atoms with Crippen LogP contribution in [-0.4, -0.2) is 51.9 Å². The Hall–Kier alpha value is -1.86. The lowest BCUT2D eigenvalue weighted by Crippen LogP contribution is -2.47. The summed E-state index contributed by atoms with van der Waals surface area (Å²) in [7, 11) is 0. The number of carbonyl (C=O) groups is 3. The molecule has 0 fully saturated rings. The van der Waals surface area contributed by atoms with Gasteiger partial charge in [0.1, 0.15) is 6.04 Å². The summed E-state index contributed by atoms with van der Waals surface area (Å²) in [6.45, 7) is 1.48. The van der Waals surface area contributed by atoms with Gasteiger partial charge in [0, 0.05) is 5.75 Å². The van der Waals surface area contributed by atoms with Gasteiger partial charge in [0.2, 0.25) is 0 Å². The molecule has 8 nitrogen and oxygen atoms in total. The van der Waals surface area contributed by atoms with Crippen LogP contribution in [0.3, 0.4) is 0 Å². The van der Waals surface area contributed by atoms with Gasteiger partial charge in [-0.15, -0.1) is 0 Å². The van der Waals surface area contributed by atoms with Crippen LogP contribution in [0.15, 0.2) is 0 Å². The highest BCUT2D eigenvalue weighted by Crippen LogP contribution is 1.90. The molecule has 17 heavy (non-hydrogen) atoms. The number of hydrogen-bond donors (Lipinski definition) is 3. The maximum atomic E-state index is 11.4. The number of ether oxygens (including phenoxy) is 1. The second-order valence-corrected chi connectivity index (χ2v) is 3.08. The summed E-state index contributed by atoms with van der Waals surface area (Å²) >= 11 is 3.71. The molecule has 1 amide bonds. The molecule has 0 aliphatic carbocycles. The van der Waals surface area contributed by atoms with E-state index in [0.717, 1.165) is 0 Å². The number of rotatable bonds is 6.